The van der Waals surface area contributed by atoms with Crippen LogP contribution in [-0.4, -0.2) is 42.2 Å². The molecule has 9 heteroatoms. The van der Waals surface area contributed by atoms with Crippen LogP contribution < -0.4 is 24.2 Å². The molecule has 2 aromatic rings. The van der Waals surface area contributed by atoms with Crippen LogP contribution in [0.15, 0.2) is 47.4 Å². The van der Waals surface area contributed by atoms with Gasteiger partial charge in [-0.25, -0.2) is 13.1 Å². The summed E-state index contributed by atoms with van der Waals surface area (Å²) in [4.78, 5) is 11.9. The van der Waals surface area contributed by atoms with Crippen LogP contribution >= 0.6 is 0 Å². The minimum absolute atomic E-state index is 0.117. The summed E-state index contributed by atoms with van der Waals surface area (Å²) in [7, 11) is 0.315. The standard InChI is InChI=1S/C17H20N2O6S/c1-23-13-6-4-5-12(9-13)19-17(20)11-18-26(21,22)16-10-14(24-2)7-8-15(16)25-3/h4-10,18H,11H2,1-3H3,(H,19,20). The average Bonchev–Trinajstić information content (AvgIpc) is 2.66. The van der Waals surface area contributed by atoms with E-state index in [9.17, 15) is 13.2 Å². The van der Waals surface area contributed by atoms with Crippen molar-refractivity contribution in [2.75, 3.05) is 33.2 Å². The Labute approximate surface area is 152 Å². The van der Waals surface area contributed by atoms with Crippen LogP contribution in [0.4, 0.5) is 5.69 Å². The molecule has 0 aliphatic heterocycles. The maximum Gasteiger partial charge on any atom is 0.244 e. The molecule has 0 bridgehead atoms. The lowest BCUT2D eigenvalue weighted by Crippen LogP contribution is -2.33. The molecule has 2 aromatic carbocycles. The Kier molecular flexibility index (Phi) is 6.42. The summed E-state index contributed by atoms with van der Waals surface area (Å²) >= 11 is 0. The van der Waals surface area contributed by atoms with Crippen molar-refractivity contribution >= 4 is 21.6 Å². The molecular formula is C17H20N2O6S. The van der Waals surface area contributed by atoms with Crippen LogP contribution in [0.3, 0.4) is 0 Å². The molecule has 0 spiro atoms. The van der Waals surface area contributed by atoms with Gasteiger partial charge >= 0.3 is 0 Å². The number of rotatable bonds is 8. The first-order chi connectivity index (χ1) is 12.4. The molecule has 2 N–H and O–H groups in total. The van der Waals surface area contributed by atoms with E-state index >= 15 is 0 Å². The van der Waals surface area contributed by atoms with Gasteiger partial charge in [-0.05, 0) is 24.3 Å². The molecule has 0 radical (unpaired) electrons. The Balaban J connectivity index is 2.09. The van der Waals surface area contributed by atoms with Crippen molar-refractivity contribution in [2.45, 2.75) is 4.90 Å². The first-order valence-corrected chi connectivity index (χ1v) is 9.03. The Hall–Kier alpha value is -2.78. The fourth-order valence-corrected chi connectivity index (χ4v) is 3.30. The summed E-state index contributed by atoms with van der Waals surface area (Å²) in [6.07, 6.45) is 0. The second-order valence-electron chi connectivity index (χ2n) is 5.12. The molecule has 0 unspecified atom stereocenters. The summed E-state index contributed by atoms with van der Waals surface area (Å²) in [5, 5.41) is 2.59. The molecule has 0 fully saturated rings. The van der Waals surface area contributed by atoms with E-state index in [1.54, 1.807) is 30.3 Å². The normalized spacial score (nSPS) is 10.9. The number of ether oxygens (including phenoxy) is 3. The van der Waals surface area contributed by atoms with Crippen molar-refractivity contribution in [1.29, 1.82) is 0 Å². The SMILES string of the molecule is COc1cccc(NC(=O)CNS(=O)(=O)c2cc(OC)ccc2OC)c1. The highest BCUT2D eigenvalue weighted by atomic mass is 32.2. The van der Waals surface area contributed by atoms with Gasteiger partial charge in [-0.15, -0.1) is 0 Å². The fourth-order valence-electron chi connectivity index (χ4n) is 2.14. The second-order valence-corrected chi connectivity index (χ2v) is 6.86. The summed E-state index contributed by atoms with van der Waals surface area (Å²) in [5.74, 6) is 0.548. The van der Waals surface area contributed by atoms with E-state index in [1.807, 2.05) is 0 Å². The zero-order chi connectivity index (χ0) is 19.2. The topological polar surface area (TPSA) is 103 Å². The number of hydrogen-bond donors (Lipinski definition) is 2. The predicted molar refractivity (Wildman–Crippen MR) is 96.4 cm³/mol. The van der Waals surface area contributed by atoms with Gasteiger partial charge in [0.25, 0.3) is 0 Å². The van der Waals surface area contributed by atoms with Gasteiger partial charge in [-0.2, -0.15) is 0 Å². The van der Waals surface area contributed by atoms with E-state index < -0.39 is 22.5 Å². The van der Waals surface area contributed by atoms with E-state index in [2.05, 4.69) is 10.0 Å². The summed E-state index contributed by atoms with van der Waals surface area (Å²) in [6.45, 7) is -0.445. The lowest BCUT2D eigenvalue weighted by atomic mass is 10.3. The van der Waals surface area contributed by atoms with Gasteiger partial charge in [-0.3, -0.25) is 4.79 Å². The van der Waals surface area contributed by atoms with E-state index in [0.29, 0.717) is 17.2 Å². The van der Waals surface area contributed by atoms with Crippen LogP contribution in [0.1, 0.15) is 0 Å². The summed E-state index contributed by atoms with van der Waals surface area (Å²) < 4.78 is 42.4. The maximum atomic E-state index is 12.5. The molecule has 0 saturated carbocycles. The smallest absolute Gasteiger partial charge is 0.244 e. The zero-order valence-electron chi connectivity index (χ0n) is 14.6. The van der Waals surface area contributed by atoms with Crippen molar-refractivity contribution in [1.82, 2.24) is 4.72 Å². The number of anilines is 1. The molecule has 0 aliphatic carbocycles. The average molecular weight is 380 g/mol. The first-order valence-electron chi connectivity index (χ1n) is 7.55. The van der Waals surface area contributed by atoms with Crippen LogP contribution in [-0.2, 0) is 14.8 Å². The molecular weight excluding hydrogens is 360 g/mol. The van der Waals surface area contributed by atoms with Crippen molar-refractivity contribution in [2.24, 2.45) is 0 Å². The quantitative estimate of drug-likeness (QED) is 0.722. The number of amides is 1. The predicted octanol–water partition coefficient (Wildman–Crippen LogP) is 1.63. The third-order valence-corrected chi connectivity index (χ3v) is 4.86. The van der Waals surface area contributed by atoms with Gasteiger partial charge in [0.15, 0.2) is 0 Å². The zero-order valence-corrected chi connectivity index (χ0v) is 15.4. The highest BCUT2D eigenvalue weighted by molar-refractivity contribution is 7.89. The molecule has 0 heterocycles. The second kappa shape index (κ2) is 8.54. The minimum atomic E-state index is -3.98. The largest absolute Gasteiger partial charge is 0.497 e. The van der Waals surface area contributed by atoms with E-state index in [0.717, 1.165) is 0 Å². The van der Waals surface area contributed by atoms with Gasteiger partial charge < -0.3 is 19.5 Å². The number of benzene rings is 2. The fraction of sp³-hybridized carbons (Fsp3) is 0.235. The molecule has 0 saturated heterocycles. The van der Waals surface area contributed by atoms with Crippen molar-refractivity contribution in [3.8, 4) is 17.2 Å². The highest BCUT2D eigenvalue weighted by Gasteiger charge is 2.21. The number of nitrogens with one attached hydrogen (secondary N) is 2. The number of carbonyl (C=O) groups excluding carboxylic acids is 1. The van der Waals surface area contributed by atoms with Crippen molar-refractivity contribution < 1.29 is 27.4 Å². The number of hydrogen-bond acceptors (Lipinski definition) is 6. The number of carbonyl (C=O) groups is 1. The van der Waals surface area contributed by atoms with E-state index in [-0.39, 0.29) is 10.6 Å². The van der Waals surface area contributed by atoms with Crippen LogP contribution in [0, 0.1) is 0 Å². The Morgan fingerprint density at radius 2 is 1.65 bits per heavy atom. The van der Waals surface area contributed by atoms with E-state index in [4.69, 9.17) is 14.2 Å². The third kappa shape index (κ3) is 4.87. The molecule has 140 valence electrons. The number of sulfonamides is 1. The Morgan fingerprint density at radius 1 is 0.962 bits per heavy atom. The maximum absolute atomic E-state index is 12.5. The molecule has 8 nitrogen and oxygen atoms in total. The Bertz CT molecular complexity index is 883. The third-order valence-electron chi connectivity index (χ3n) is 3.44. The first kappa shape index (κ1) is 19.5. The molecule has 0 aliphatic rings. The van der Waals surface area contributed by atoms with Gasteiger partial charge in [0.05, 0.1) is 27.9 Å². The van der Waals surface area contributed by atoms with Gasteiger partial charge in [0.2, 0.25) is 15.9 Å². The van der Waals surface area contributed by atoms with Crippen LogP contribution in [0.25, 0.3) is 0 Å². The van der Waals surface area contributed by atoms with Gasteiger partial charge in [-0.1, -0.05) is 6.07 Å². The lowest BCUT2D eigenvalue weighted by Gasteiger charge is -2.12. The van der Waals surface area contributed by atoms with Gasteiger partial charge in [0.1, 0.15) is 22.1 Å². The highest BCUT2D eigenvalue weighted by Crippen LogP contribution is 2.27. The molecule has 26 heavy (non-hydrogen) atoms. The number of methoxy groups -OCH3 is 3. The minimum Gasteiger partial charge on any atom is -0.497 e. The van der Waals surface area contributed by atoms with E-state index in [1.165, 1.54) is 33.5 Å². The molecule has 2 rings (SSSR count). The molecule has 1 amide bonds. The van der Waals surface area contributed by atoms with Crippen LogP contribution in [0.5, 0.6) is 17.2 Å². The molecule has 0 atom stereocenters. The monoisotopic (exact) mass is 380 g/mol. The van der Waals surface area contributed by atoms with Gasteiger partial charge in [0, 0.05) is 17.8 Å². The lowest BCUT2D eigenvalue weighted by molar-refractivity contribution is -0.115. The van der Waals surface area contributed by atoms with Crippen LogP contribution in [0.2, 0.25) is 0 Å². The van der Waals surface area contributed by atoms with Crippen molar-refractivity contribution in [3.05, 3.63) is 42.5 Å². The van der Waals surface area contributed by atoms with Crippen molar-refractivity contribution in [3.63, 3.8) is 0 Å². The summed E-state index contributed by atoms with van der Waals surface area (Å²) in [6, 6.07) is 11.1. The Morgan fingerprint density at radius 3 is 2.31 bits per heavy atom. The summed E-state index contributed by atoms with van der Waals surface area (Å²) in [5.41, 5.74) is 0.493. The molecule has 0 aromatic heterocycles.